The first-order valence-corrected chi connectivity index (χ1v) is 11.8. The van der Waals surface area contributed by atoms with E-state index in [0.29, 0.717) is 11.2 Å². The van der Waals surface area contributed by atoms with E-state index in [9.17, 15) is 9.18 Å². The minimum Gasteiger partial charge on any atom is -0.444 e. The van der Waals surface area contributed by atoms with Gasteiger partial charge >= 0.3 is 0 Å². The van der Waals surface area contributed by atoms with E-state index in [1.807, 2.05) is 26.2 Å². The van der Waals surface area contributed by atoms with Gasteiger partial charge in [0.05, 0.1) is 6.04 Å². The lowest BCUT2D eigenvalue weighted by Gasteiger charge is -2.40. The van der Waals surface area contributed by atoms with Crippen molar-refractivity contribution >= 4 is 33.2 Å². The van der Waals surface area contributed by atoms with Crippen molar-refractivity contribution in [3.8, 4) is 0 Å². The first kappa shape index (κ1) is 23.3. The van der Waals surface area contributed by atoms with Gasteiger partial charge < -0.3 is 19.5 Å². The Morgan fingerprint density at radius 2 is 1.70 bits per heavy atom. The van der Waals surface area contributed by atoms with Gasteiger partial charge in [-0.3, -0.25) is 9.69 Å². The summed E-state index contributed by atoms with van der Waals surface area (Å²) in [6, 6.07) is 18.5. The number of carbonyl (C=O) groups is 1. The third kappa shape index (κ3) is 5.75. The molecule has 0 saturated carbocycles. The number of nitrogens with one attached hydrogen (secondary N) is 1. The number of amides is 1. The molecule has 6 nitrogen and oxygen atoms in total. The number of anilines is 2. The van der Waals surface area contributed by atoms with Crippen LogP contribution in [0.15, 0.2) is 69.8 Å². The Kier molecular flexibility index (Phi) is 7.35. The van der Waals surface area contributed by atoms with Gasteiger partial charge in [0, 0.05) is 58.2 Å². The Morgan fingerprint density at radius 3 is 2.27 bits per heavy atom. The molecule has 33 heavy (non-hydrogen) atoms. The lowest BCUT2D eigenvalue weighted by Crippen LogP contribution is -2.50. The van der Waals surface area contributed by atoms with Crippen LogP contribution in [0.1, 0.15) is 22.2 Å². The second kappa shape index (κ2) is 10.4. The van der Waals surface area contributed by atoms with E-state index in [2.05, 4.69) is 60.2 Å². The molecule has 1 N–H and O–H groups in total. The number of furan rings is 1. The van der Waals surface area contributed by atoms with Crippen molar-refractivity contribution in [1.29, 1.82) is 0 Å². The second-order valence-corrected chi connectivity index (χ2v) is 9.10. The van der Waals surface area contributed by atoms with Crippen molar-refractivity contribution in [2.75, 3.05) is 56.6 Å². The van der Waals surface area contributed by atoms with Gasteiger partial charge in [0.2, 0.25) is 0 Å². The van der Waals surface area contributed by atoms with Crippen LogP contribution in [0.4, 0.5) is 15.8 Å². The summed E-state index contributed by atoms with van der Waals surface area (Å²) < 4.78 is 19.2. The first-order chi connectivity index (χ1) is 15.9. The molecule has 2 aromatic carbocycles. The minimum absolute atomic E-state index is 0.0268. The average Bonchev–Trinajstić information content (AvgIpc) is 3.27. The summed E-state index contributed by atoms with van der Waals surface area (Å²) in [7, 11) is 4.03. The monoisotopic (exact) mass is 514 g/mol. The summed E-state index contributed by atoms with van der Waals surface area (Å²) >= 11 is 3.24. The molecule has 3 aromatic rings. The summed E-state index contributed by atoms with van der Waals surface area (Å²) in [6.07, 6.45) is 0. The van der Waals surface area contributed by atoms with Crippen LogP contribution in [0.3, 0.4) is 0 Å². The van der Waals surface area contributed by atoms with Gasteiger partial charge in [0.15, 0.2) is 10.4 Å². The summed E-state index contributed by atoms with van der Waals surface area (Å²) in [5.74, 6) is -0.178. The van der Waals surface area contributed by atoms with Crippen molar-refractivity contribution in [3.05, 3.63) is 82.5 Å². The van der Waals surface area contributed by atoms with Crippen LogP contribution in [0.25, 0.3) is 0 Å². The number of rotatable bonds is 7. The highest BCUT2D eigenvalue weighted by atomic mass is 79.9. The van der Waals surface area contributed by atoms with Crippen LogP contribution in [-0.2, 0) is 0 Å². The number of piperazine rings is 1. The van der Waals surface area contributed by atoms with E-state index >= 15 is 0 Å². The van der Waals surface area contributed by atoms with Crippen LogP contribution >= 0.6 is 15.9 Å². The lowest BCUT2D eigenvalue weighted by atomic mass is 10.0. The van der Waals surface area contributed by atoms with Gasteiger partial charge in [-0.15, -0.1) is 0 Å². The van der Waals surface area contributed by atoms with Gasteiger partial charge in [0.25, 0.3) is 5.91 Å². The molecule has 1 aliphatic rings. The third-order valence-corrected chi connectivity index (χ3v) is 6.42. The summed E-state index contributed by atoms with van der Waals surface area (Å²) in [6.45, 7) is 3.79. The van der Waals surface area contributed by atoms with E-state index in [1.165, 1.54) is 12.1 Å². The maximum atomic E-state index is 13.3. The van der Waals surface area contributed by atoms with Crippen LogP contribution in [0, 0.1) is 5.82 Å². The van der Waals surface area contributed by atoms with Gasteiger partial charge in [-0.1, -0.05) is 12.1 Å². The number of benzene rings is 2. The number of nitrogens with zero attached hydrogens (tertiary/aromatic N) is 3. The summed E-state index contributed by atoms with van der Waals surface area (Å²) in [5.41, 5.74) is 3.31. The number of halogens is 2. The third-order valence-electron chi connectivity index (χ3n) is 5.99. The van der Waals surface area contributed by atoms with Crippen LogP contribution in [-0.4, -0.2) is 57.6 Å². The molecular formula is C25H28BrFN4O2. The quantitative estimate of drug-likeness (QED) is 0.501. The molecule has 1 unspecified atom stereocenters. The molecule has 2 heterocycles. The van der Waals surface area contributed by atoms with Gasteiger partial charge in [-0.2, -0.15) is 0 Å². The van der Waals surface area contributed by atoms with Crippen molar-refractivity contribution in [2.24, 2.45) is 0 Å². The SMILES string of the molecule is CN(C)c1ccc(C(CNC(=O)c2ccc(Br)o2)N2CCN(c3ccc(F)cc3)CC2)cc1. The number of carbonyl (C=O) groups excluding carboxylic acids is 1. The Labute approximate surface area is 202 Å². The topological polar surface area (TPSA) is 52.0 Å². The molecule has 174 valence electrons. The molecule has 1 fully saturated rings. The largest absolute Gasteiger partial charge is 0.444 e. The van der Waals surface area contributed by atoms with Crippen molar-refractivity contribution in [3.63, 3.8) is 0 Å². The predicted octanol–water partition coefficient (Wildman–Crippen LogP) is 4.54. The molecule has 1 saturated heterocycles. The zero-order chi connectivity index (χ0) is 23.4. The Morgan fingerprint density at radius 1 is 1.03 bits per heavy atom. The van der Waals surface area contributed by atoms with Crippen LogP contribution in [0.5, 0.6) is 0 Å². The summed E-state index contributed by atoms with van der Waals surface area (Å²) in [5, 5.41) is 3.03. The van der Waals surface area contributed by atoms with Crippen LogP contribution in [0.2, 0.25) is 0 Å². The van der Waals surface area contributed by atoms with Gasteiger partial charge in [-0.25, -0.2) is 4.39 Å². The zero-order valence-corrected chi connectivity index (χ0v) is 20.4. The summed E-state index contributed by atoms with van der Waals surface area (Å²) in [4.78, 5) is 19.3. The molecule has 0 bridgehead atoms. The standard InChI is InChI=1S/C25H28BrFN4O2/c1-29(2)20-7-3-18(4-8-20)22(17-28-25(32)23-11-12-24(26)33-23)31-15-13-30(14-16-31)21-9-5-19(27)6-10-21/h3-12,22H,13-17H2,1-2H3,(H,28,32). The fraction of sp³-hybridized carbons (Fsp3) is 0.320. The van der Waals surface area contributed by atoms with Gasteiger partial charge in [0.1, 0.15) is 5.82 Å². The fourth-order valence-electron chi connectivity index (χ4n) is 4.11. The number of hydrogen-bond donors (Lipinski definition) is 1. The predicted molar refractivity (Wildman–Crippen MR) is 132 cm³/mol. The normalized spacial score (nSPS) is 15.3. The smallest absolute Gasteiger partial charge is 0.287 e. The van der Waals surface area contributed by atoms with Crippen LogP contribution < -0.4 is 15.1 Å². The van der Waals surface area contributed by atoms with E-state index in [1.54, 1.807) is 12.1 Å². The molecule has 4 rings (SSSR count). The van der Waals surface area contributed by atoms with E-state index < -0.39 is 0 Å². The van der Waals surface area contributed by atoms with E-state index in [0.717, 1.165) is 43.1 Å². The Balaban J connectivity index is 1.47. The molecule has 8 heteroatoms. The molecule has 0 aliphatic carbocycles. The average molecular weight is 515 g/mol. The highest BCUT2D eigenvalue weighted by Crippen LogP contribution is 2.26. The molecule has 1 atom stereocenters. The minimum atomic E-state index is -0.236. The Bertz CT molecular complexity index is 1060. The fourth-order valence-corrected chi connectivity index (χ4v) is 4.42. The van der Waals surface area contributed by atoms with Crippen molar-refractivity contribution < 1.29 is 13.6 Å². The molecule has 1 amide bonds. The van der Waals surface area contributed by atoms with E-state index in [4.69, 9.17) is 4.42 Å². The molecular weight excluding hydrogens is 487 g/mol. The molecule has 1 aliphatic heterocycles. The van der Waals surface area contributed by atoms with Crippen molar-refractivity contribution in [2.45, 2.75) is 6.04 Å². The lowest BCUT2D eigenvalue weighted by molar-refractivity contribution is 0.0901. The molecule has 0 spiro atoms. The first-order valence-electron chi connectivity index (χ1n) is 11.0. The molecule has 1 aromatic heterocycles. The highest BCUT2D eigenvalue weighted by Gasteiger charge is 2.26. The second-order valence-electron chi connectivity index (χ2n) is 8.31. The number of hydrogen-bond acceptors (Lipinski definition) is 5. The van der Waals surface area contributed by atoms with Crippen molar-refractivity contribution in [1.82, 2.24) is 10.2 Å². The zero-order valence-electron chi connectivity index (χ0n) is 18.8. The molecule has 0 radical (unpaired) electrons. The highest BCUT2D eigenvalue weighted by molar-refractivity contribution is 9.10. The van der Waals surface area contributed by atoms with E-state index in [-0.39, 0.29) is 23.5 Å². The maximum Gasteiger partial charge on any atom is 0.287 e. The maximum absolute atomic E-state index is 13.3. The Hall–Kier alpha value is -2.84. The van der Waals surface area contributed by atoms with Gasteiger partial charge in [-0.05, 0) is 70.0 Å².